The van der Waals surface area contributed by atoms with Gasteiger partial charge in [0, 0.05) is 9.86 Å². The van der Waals surface area contributed by atoms with Crippen molar-refractivity contribution in [3.63, 3.8) is 0 Å². The summed E-state index contributed by atoms with van der Waals surface area (Å²) in [6.07, 6.45) is -0.167. The summed E-state index contributed by atoms with van der Waals surface area (Å²) in [6.45, 7) is 0. The molecule has 0 fully saturated rings. The Kier molecular flexibility index (Phi) is 2.74. The van der Waals surface area contributed by atoms with Crippen molar-refractivity contribution in [2.45, 2.75) is 6.42 Å². The summed E-state index contributed by atoms with van der Waals surface area (Å²) in [5.74, 6) is -0.856. The van der Waals surface area contributed by atoms with Crippen LogP contribution in [-0.4, -0.2) is 21.0 Å². The Morgan fingerprint density at radius 1 is 1.44 bits per heavy atom. The van der Waals surface area contributed by atoms with Crippen LogP contribution in [0.25, 0.3) is 10.9 Å². The number of nitrogens with two attached hydrogens (primary N) is 1. The van der Waals surface area contributed by atoms with Crippen LogP contribution >= 0.6 is 15.9 Å². The van der Waals surface area contributed by atoms with E-state index < -0.39 is 5.97 Å². The highest BCUT2D eigenvalue weighted by Crippen LogP contribution is 2.21. The molecule has 1 aromatic carbocycles. The van der Waals surface area contributed by atoms with Gasteiger partial charge in [0.1, 0.15) is 0 Å². The van der Waals surface area contributed by atoms with E-state index in [4.69, 9.17) is 10.8 Å². The number of hydrogen-bond donors (Lipinski definition) is 2. The molecule has 0 radical (unpaired) electrons. The van der Waals surface area contributed by atoms with Gasteiger partial charge in [0.15, 0.2) is 0 Å². The van der Waals surface area contributed by atoms with E-state index >= 15 is 0 Å². The molecular formula is C10H8BrN3O2. The van der Waals surface area contributed by atoms with Crippen molar-refractivity contribution in [3.05, 3.63) is 28.4 Å². The highest BCUT2D eigenvalue weighted by molar-refractivity contribution is 9.10. The Morgan fingerprint density at radius 3 is 2.88 bits per heavy atom. The lowest BCUT2D eigenvalue weighted by atomic mass is 10.1. The molecule has 6 heteroatoms. The number of hydrogen-bond acceptors (Lipinski definition) is 4. The Labute approximate surface area is 99.4 Å². The van der Waals surface area contributed by atoms with E-state index in [9.17, 15) is 4.79 Å². The predicted octanol–water partition coefficient (Wildman–Crippen LogP) is 1.60. The lowest BCUT2D eigenvalue weighted by Crippen LogP contribution is -2.06. The molecule has 0 aliphatic carbocycles. The van der Waals surface area contributed by atoms with E-state index in [1.54, 1.807) is 12.1 Å². The van der Waals surface area contributed by atoms with E-state index in [-0.39, 0.29) is 12.4 Å². The normalized spacial score (nSPS) is 10.6. The second kappa shape index (κ2) is 4.05. The number of halogens is 1. The van der Waals surface area contributed by atoms with Crippen LogP contribution in [0.15, 0.2) is 22.7 Å². The number of anilines is 1. The zero-order valence-electron chi connectivity index (χ0n) is 8.14. The molecule has 0 unspecified atom stereocenters. The SMILES string of the molecule is Nc1nc(CC(=O)O)c2cc(Br)ccc2n1. The first kappa shape index (κ1) is 10.8. The molecule has 2 aromatic rings. The van der Waals surface area contributed by atoms with E-state index in [0.29, 0.717) is 16.6 Å². The third-order valence-electron chi connectivity index (χ3n) is 2.07. The topological polar surface area (TPSA) is 89.1 Å². The van der Waals surface area contributed by atoms with Gasteiger partial charge in [-0.1, -0.05) is 15.9 Å². The fourth-order valence-electron chi connectivity index (χ4n) is 1.46. The first-order valence-corrected chi connectivity index (χ1v) is 5.29. The molecule has 1 aromatic heterocycles. The summed E-state index contributed by atoms with van der Waals surface area (Å²) >= 11 is 3.32. The van der Waals surface area contributed by atoms with E-state index in [1.807, 2.05) is 6.07 Å². The molecule has 0 aliphatic rings. The molecule has 5 nitrogen and oxygen atoms in total. The Morgan fingerprint density at radius 2 is 2.19 bits per heavy atom. The molecule has 16 heavy (non-hydrogen) atoms. The average Bonchev–Trinajstić information content (AvgIpc) is 2.18. The fourth-order valence-corrected chi connectivity index (χ4v) is 1.82. The maximum atomic E-state index is 10.7. The number of aliphatic carboxylic acids is 1. The maximum absolute atomic E-state index is 10.7. The second-order valence-corrected chi connectivity index (χ2v) is 4.18. The third kappa shape index (κ3) is 2.11. The summed E-state index contributed by atoms with van der Waals surface area (Å²) < 4.78 is 0.847. The Hall–Kier alpha value is -1.69. The number of carbonyl (C=O) groups is 1. The van der Waals surface area contributed by atoms with Crippen molar-refractivity contribution in [1.82, 2.24) is 9.97 Å². The van der Waals surface area contributed by atoms with Crippen LogP contribution < -0.4 is 5.73 Å². The molecule has 0 saturated heterocycles. The lowest BCUT2D eigenvalue weighted by molar-refractivity contribution is -0.136. The summed E-state index contributed by atoms with van der Waals surface area (Å²) in [4.78, 5) is 18.7. The van der Waals surface area contributed by atoms with Crippen LogP contribution in [0.5, 0.6) is 0 Å². The summed E-state index contributed by atoms with van der Waals surface area (Å²) in [6, 6.07) is 5.37. The van der Waals surface area contributed by atoms with Gasteiger partial charge < -0.3 is 10.8 Å². The number of fused-ring (bicyclic) bond motifs is 1. The summed E-state index contributed by atoms with van der Waals surface area (Å²) in [5.41, 5.74) is 6.58. The van der Waals surface area contributed by atoms with Gasteiger partial charge in [-0.15, -0.1) is 0 Å². The van der Waals surface area contributed by atoms with Gasteiger partial charge in [0.25, 0.3) is 0 Å². The standard InChI is InChI=1S/C10H8BrN3O2/c11-5-1-2-7-6(3-5)8(4-9(15)16)14-10(12)13-7/h1-3H,4H2,(H,15,16)(H2,12,13,14). The predicted molar refractivity (Wildman–Crippen MR) is 63.0 cm³/mol. The van der Waals surface area contributed by atoms with Crippen LogP contribution in [0.3, 0.4) is 0 Å². The number of benzene rings is 1. The van der Waals surface area contributed by atoms with Gasteiger partial charge in [-0.25, -0.2) is 9.97 Å². The molecule has 0 saturated carbocycles. The number of rotatable bonds is 2. The monoisotopic (exact) mass is 281 g/mol. The summed E-state index contributed by atoms with van der Waals surface area (Å²) in [7, 11) is 0. The highest BCUT2D eigenvalue weighted by atomic mass is 79.9. The van der Waals surface area contributed by atoms with Gasteiger partial charge in [-0.3, -0.25) is 4.79 Å². The minimum absolute atomic E-state index is 0.0890. The van der Waals surface area contributed by atoms with Crippen molar-refractivity contribution in [2.24, 2.45) is 0 Å². The maximum Gasteiger partial charge on any atom is 0.309 e. The first-order chi connectivity index (χ1) is 7.56. The Balaban J connectivity index is 2.69. The highest BCUT2D eigenvalue weighted by Gasteiger charge is 2.10. The van der Waals surface area contributed by atoms with Crippen LogP contribution in [0.2, 0.25) is 0 Å². The molecule has 0 aliphatic heterocycles. The van der Waals surface area contributed by atoms with Crippen LogP contribution in [0.4, 0.5) is 5.95 Å². The number of nitrogens with zero attached hydrogens (tertiary/aromatic N) is 2. The molecule has 0 bridgehead atoms. The molecule has 0 spiro atoms. The van der Waals surface area contributed by atoms with Crippen molar-refractivity contribution in [3.8, 4) is 0 Å². The number of aromatic nitrogens is 2. The molecule has 0 atom stereocenters. The largest absolute Gasteiger partial charge is 0.481 e. The third-order valence-corrected chi connectivity index (χ3v) is 2.57. The van der Waals surface area contributed by atoms with Gasteiger partial charge in [-0.05, 0) is 18.2 Å². The summed E-state index contributed by atoms with van der Waals surface area (Å²) in [5, 5.41) is 9.47. The van der Waals surface area contributed by atoms with Crippen molar-refractivity contribution in [2.75, 3.05) is 5.73 Å². The molecule has 3 N–H and O–H groups in total. The quantitative estimate of drug-likeness (QED) is 0.873. The van der Waals surface area contributed by atoms with Crippen molar-refractivity contribution < 1.29 is 9.90 Å². The van der Waals surface area contributed by atoms with Gasteiger partial charge in [-0.2, -0.15) is 0 Å². The van der Waals surface area contributed by atoms with Gasteiger partial charge >= 0.3 is 5.97 Å². The lowest BCUT2D eigenvalue weighted by Gasteiger charge is -2.04. The van der Waals surface area contributed by atoms with Crippen LogP contribution in [0, 0.1) is 0 Å². The fraction of sp³-hybridized carbons (Fsp3) is 0.100. The first-order valence-electron chi connectivity index (χ1n) is 4.49. The number of carboxylic acid groups (broad SMARTS) is 1. The van der Waals surface area contributed by atoms with E-state index in [1.165, 1.54) is 0 Å². The number of nitrogen functional groups attached to an aromatic ring is 1. The van der Waals surface area contributed by atoms with E-state index in [2.05, 4.69) is 25.9 Å². The van der Waals surface area contributed by atoms with E-state index in [0.717, 1.165) is 4.47 Å². The van der Waals surface area contributed by atoms with Crippen LogP contribution in [0.1, 0.15) is 5.69 Å². The second-order valence-electron chi connectivity index (χ2n) is 3.26. The number of carboxylic acids is 1. The molecule has 82 valence electrons. The van der Waals surface area contributed by atoms with Gasteiger partial charge in [0.2, 0.25) is 5.95 Å². The minimum atomic E-state index is -0.945. The smallest absolute Gasteiger partial charge is 0.309 e. The molecule has 1 heterocycles. The zero-order valence-corrected chi connectivity index (χ0v) is 9.73. The molecule has 2 rings (SSSR count). The van der Waals surface area contributed by atoms with Crippen molar-refractivity contribution >= 4 is 38.8 Å². The average molecular weight is 282 g/mol. The molecular weight excluding hydrogens is 274 g/mol. The van der Waals surface area contributed by atoms with Gasteiger partial charge in [0.05, 0.1) is 17.6 Å². The van der Waals surface area contributed by atoms with Crippen molar-refractivity contribution in [1.29, 1.82) is 0 Å². The Bertz CT molecular complexity index is 571. The zero-order chi connectivity index (χ0) is 11.7. The van der Waals surface area contributed by atoms with Crippen LogP contribution in [-0.2, 0) is 11.2 Å². The minimum Gasteiger partial charge on any atom is -0.481 e. The molecule has 0 amide bonds.